The minimum atomic E-state index is -0.213. The molecule has 2 fully saturated rings. The molecule has 144 valence electrons. The van der Waals surface area contributed by atoms with Crippen molar-refractivity contribution in [2.24, 2.45) is 0 Å². The Hall–Kier alpha value is -2.41. The lowest BCUT2D eigenvalue weighted by molar-refractivity contribution is -0.0251. The van der Waals surface area contributed by atoms with Crippen LogP contribution in [0.3, 0.4) is 0 Å². The van der Waals surface area contributed by atoms with Crippen LogP contribution in [0.15, 0.2) is 30.6 Å². The van der Waals surface area contributed by atoms with Gasteiger partial charge in [0, 0.05) is 38.1 Å². The molecule has 2 aromatic rings. The summed E-state index contributed by atoms with van der Waals surface area (Å²) in [5.74, 6) is 0.821. The fraction of sp³-hybridized carbons (Fsp3) is 0.550. The second kappa shape index (κ2) is 7.68. The van der Waals surface area contributed by atoms with Crippen molar-refractivity contribution < 1.29 is 9.53 Å². The van der Waals surface area contributed by atoms with Crippen LogP contribution < -0.4 is 4.90 Å². The Morgan fingerprint density at radius 3 is 2.81 bits per heavy atom. The average molecular weight is 369 g/mol. The van der Waals surface area contributed by atoms with Crippen molar-refractivity contribution in [1.29, 1.82) is 0 Å². The van der Waals surface area contributed by atoms with Gasteiger partial charge in [-0.2, -0.15) is 0 Å². The number of hydrogen-bond acceptors (Lipinski definition) is 5. The lowest BCUT2D eigenvalue weighted by Crippen LogP contribution is -2.43. The van der Waals surface area contributed by atoms with Crippen molar-refractivity contribution in [2.45, 2.75) is 38.8 Å². The van der Waals surface area contributed by atoms with Crippen LogP contribution in [0.5, 0.6) is 0 Å². The molecule has 2 aromatic heterocycles. The van der Waals surface area contributed by atoms with E-state index in [1.807, 2.05) is 33.9 Å². The van der Waals surface area contributed by atoms with E-state index in [1.165, 1.54) is 12.8 Å². The smallest absolute Gasteiger partial charge is 0.270 e. The highest BCUT2D eigenvalue weighted by Gasteiger charge is 2.29. The molecule has 0 saturated carbocycles. The van der Waals surface area contributed by atoms with Crippen LogP contribution in [0.2, 0.25) is 0 Å². The van der Waals surface area contributed by atoms with Gasteiger partial charge in [-0.15, -0.1) is 0 Å². The maximum Gasteiger partial charge on any atom is 0.270 e. The number of carbonyl (C=O) groups is 1. The van der Waals surface area contributed by atoms with Crippen LogP contribution in [0.1, 0.15) is 55.0 Å². The fourth-order valence-electron chi connectivity index (χ4n) is 3.81. The molecule has 7 nitrogen and oxygen atoms in total. The number of rotatable bonds is 4. The molecule has 7 heteroatoms. The van der Waals surface area contributed by atoms with E-state index < -0.39 is 0 Å². The number of aromatic nitrogens is 3. The maximum atomic E-state index is 13.0. The van der Waals surface area contributed by atoms with Crippen LogP contribution in [-0.4, -0.2) is 58.1 Å². The topological polar surface area (TPSA) is 63.5 Å². The van der Waals surface area contributed by atoms with E-state index in [2.05, 4.69) is 23.7 Å². The first-order valence-corrected chi connectivity index (χ1v) is 9.79. The highest BCUT2D eigenvalue weighted by molar-refractivity contribution is 5.93. The molecule has 2 saturated heterocycles. The van der Waals surface area contributed by atoms with E-state index in [1.54, 1.807) is 6.20 Å². The van der Waals surface area contributed by atoms with Gasteiger partial charge in [-0.1, -0.05) is 0 Å². The summed E-state index contributed by atoms with van der Waals surface area (Å²) in [5, 5.41) is 0. The third-order valence-corrected chi connectivity index (χ3v) is 5.29. The zero-order chi connectivity index (χ0) is 18.8. The van der Waals surface area contributed by atoms with Crippen LogP contribution in [0.25, 0.3) is 0 Å². The quantitative estimate of drug-likeness (QED) is 0.829. The van der Waals surface area contributed by atoms with Gasteiger partial charge >= 0.3 is 0 Å². The molecular formula is C20H27N5O2. The molecule has 2 aliphatic rings. The molecule has 0 N–H and O–H groups in total. The summed E-state index contributed by atoms with van der Waals surface area (Å²) in [4.78, 5) is 26.3. The van der Waals surface area contributed by atoms with Crippen molar-refractivity contribution >= 4 is 11.9 Å². The lowest BCUT2D eigenvalue weighted by atomic mass is 10.2. The molecular weight excluding hydrogens is 342 g/mol. The first-order valence-electron chi connectivity index (χ1n) is 9.79. The first-order chi connectivity index (χ1) is 13.1. The normalized spacial score (nSPS) is 20.5. The van der Waals surface area contributed by atoms with E-state index in [0.29, 0.717) is 19.7 Å². The van der Waals surface area contributed by atoms with Crippen LogP contribution >= 0.6 is 0 Å². The van der Waals surface area contributed by atoms with Crippen LogP contribution in [0.4, 0.5) is 5.95 Å². The number of amides is 1. The highest BCUT2D eigenvalue weighted by atomic mass is 16.5. The molecule has 0 aromatic carbocycles. The summed E-state index contributed by atoms with van der Waals surface area (Å²) in [5.41, 5.74) is 1.58. The summed E-state index contributed by atoms with van der Waals surface area (Å²) in [7, 11) is 0. The van der Waals surface area contributed by atoms with E-state index in [4.69, 9.17) is 9.72 Å². The molecule has 1 amide bonds. The van der Waals surface area contributed by atoms with Crippen molar-refractivity contribution in [3.05, 3.63) is 42.0 Å². The summed E-state index contributed by atoms with van der Waals surface area (Å²) in [6.07, 6.45) is 5.91. The van der Waals surface area contributed by atoms with Crippen molar-refractivity contribution in [1.82, 2.24) is 19.4 Å². The minimum Gasteiger partial charge on any atom is -0.368 e. The van der Waals surface area contributed by atoms with Crippen LogP contribution in [-0.2, 0) is 4.74 Å². The minimum absolute atomic E-state index is 0.0517. The lowest BCUT2D eigenvalue weighted by Gasteiger charge is -2.33. The Bertz CT molecular complexity index is 797. The second-order valence-electron chi connectivity index (χ2n) is 7.48. The largest absolute Gasteiger partial charge is 0.368 e. The summed E-state index contributed by atoms with van der Waals surface area (Å²) >= 11 is 0. The number of ether oxygens (including phenoxy) is 1. The van der Waals surface area contributed by atoms with Crippen molar-refractivity contribution in [2.75, 3.05) is 37.7 Å². The molecule has 0 radical (unpaired) electrons. The van der Waals surface area contributed by atoms with E-state index in [9.17, 15) is 4.79 Å². The SMILES string of the molecule is CC(C)n1cccc1C(=O)N1CCO[C@H](c2ccnc(N3CCCC3)n2)C1. The Balaban J connectivity index is 1.50. The number of anilines is 1. The van der Waals surface area contributed by atoms with Gasteiger partial charge in [-0.25, -0.2) is 9.97 Å². The van der Waals surface area contributed by atoms with Gasteiger partial charge in [0.15, 0.2) is 0 Å². The van der Waals surface area contributed by atoms with E-state index in [0.717, 1.165) is 30.4 Å². The Labute approximate surface area is 160 Å². The van der Waals surface area contributed by atoms with Gasteiger partial charge in [0.05, 0.1) is 18.8 Å². The summed E-state index contributed by atoms with van der Waals surface area (Å²) in [6.45, 7) is 7.81. The molecule has 0 bridgehead atoms. The van der Waals surface area contributed by atoms with Gasteiger partial charge in [0.1, 0.15) is 11.8 Å². The van der Waals surface area contributed by atoms with Gasteiger partial charge in [0.25, 0.3) is 5.91 Å². The zero-order valence-electron chi connectivity index (χ0n) is 16.0. The fourth-order valence-corrected chi connectivity index (χ4v) is 3.81. The van der Waals surface area contributed by atoms with Gasteiger partial charge in [0.2, 0.25) is 5.95 Å². The number of morpholine rings is 1. The van der Waals surface area contributed by atoms with Gasteiger partial charge in [-0.3, -0.25) is 4.79 Å². The molecule has 0 aliphatic carbocycles. The van der Waals surface area contributed by atoms with Gasteiger partial charge in [-0.05, 0) is 44.9 Å². The Kier molecular flexibility index (Phi) is 5.11. The third-order valence-electron chi connectivity index (χ3n) is 5.29. The predicted molar refractivity (Wildman–Crippen MR) is 103 cm³/mol. The summed E-state index contributed by atoms with van der Waals surface area (Å²) < 4.78 is 7.96. The van der Waals surface area contributed by atoms with E-state index in [-0.39, 0.29) is 18.1 Å². The van der Waals surface area contributed by atoms with Crippen LogP contribution in [0, 0.1) is 0 Å². The predicted octanol–water partition coefficient (Wildman–Crippen LogP) is 2.67. The van der Waals surface area contributed by atoms with Crippen molar-refractivity contribution in [3.63, 3.8) is 0 Å². The molecule has 27 heavy (non-hydrogen) atoms. The Morgan fingerprint density at radius 1 is 1.22 bits per heavy atom. The molecule has 1 atom stereocenters. The number of nitrogens with zero attached hydrogens (tertiary/aromatic N) is 5. The summed E-state index contributed by atoms with van der Waals surface area (Å²) in [6, 6.07) is 5.97. The molecule has 4 rings (SSSR count). The molecule has 2 aliphatic heterocycles. The zero-order valence-corrected chi connectivity index (χ0v) is 16.0. The monoisotopic (exact) mass is 369 g/mol. The standard InChI is InChI=1S/C20H27N5O2/c1-15(2)25-11-5-6-17(25)19(26)24-12-13-27-18(14-24)16-7-8-21-20(22-16)23-9-3-4-10-23/h5-8,11,15,18H,3-4,9-10,12-14H2,1-2H3/t18-/m0/s1. The van der Waals surface area contributed by atoms with E-state index >= 15 is 0 Å². The maximum absolute atomic E-state index is 13.0. The molecule has 0 unspecified atom stereocenters. The highest BCUT2D eigenvalue weighted by Crippen LogP contribution is 2.24. The average Bonchev–Trinajstić information content (AvgIpc) is 3.39. The molecule has 4 heterocycles. The number of hydrogen-bond donors (Lipinski definition) is 0. The number of carbonyl (C=O) groups excluding carboxylic acids is 1. The Morgan fingerprint density at radius 2 is 2.04 bits per heavy atom. The van der Waals surface area contributed by atoms with Crippen molar-refractivity contribution in [3.8, 4) is 0 Å². The first kappa shape index (κ1) is 18.0. The second-order valence-corrected chi connectivity index (χ2v) is 7.48. The molecule has 0 spiro atoms. The van der Waals surface area contributed by atoms with Gasteiger partial charge < -0.3 is 19.1 Å². The third kappa shape index (κ3) is 3.69.